The van der Waals surface area contributed by atoms with E-state index in [9.17, 15) is 0 Å². The molecule has 2 saturated heterocycles. The Morgan fingerprint density at radius 2 is 1.82 bits per heavy atom. The second-order valence-corrected chi connectivity index (χ2v) is 5.52. The van der Waals surface area contributed by atoms with Crippen LogP contribution in [0.15, 0.2) is 0 Å². The van der Waals surface area contributed by atoms with E-state index in [1.807, 2.05) is 0 Å². The van der Waals surface area contributed by atoms with Crippen molar-refractivity contribution < 1.29 is 4.74 Å². The zero-order valence-corrected chi connectivity index (χ0v) is 11.3. The van der Waals surface area contributed by atoms with Gasteiger partial charge in [-0.25, -0.2) is 0 Å². The van der Waals surface area contributed by atoms with E-state index in [0.717, 1.165) is 19.3 Å². The Labute approximate surface area is 106 Å². The Hall–Kier alpha value is -0.120. The number of nitrogens with zero attached hydrogens (tertiary/aromatic N) is 1. The van der Waals surface area contributed by atoms with Crippen LogP contribution in [0, 0.1) is 0 Å². The lowest BCUT2D eigenvalue weighted by Crippen LogP contribution is -2.46. The van der Waals surface area contributed by atoms with E-state index in [4.69, 9.17) is 4.74 Å². The number of nitrogens with one attached hydrogen (secondary N) is 1. The van der Waals surface area contributed by atoms with Gasteiger partial charge >= 0.3 is 0 Å². The minimum absolute atomic E-state index is 0.709. The number of rotatable bonds is 4. The molecule has 0 saturated carbocycles. The van der Waals surface area contributed by atoms with E-state index in [0.29, 0.717) is 6.04 Å². The van der Waals surface area contributed by atoms with Crippen LogP contribution in [-0.2, 0) is 4.74 Å². The Morgan fingerprint density at radius 1 is 1.06 bits per heavy atom. The molecule has 0 aromatic carbocycles. The third-order valence-corrected chi connectivity index (χ3v) is 4.05. The largest absolute Gasteiger partial charge is 0.381 e. The average molecular weight is 240 g/mol. The minimum atomic E-state index is 0.709. The zero-order valence-electron chi connectivity index (χ0n) is 11.3. The predicted octanol–water partition coefficient (Wildman–Crippen LogP) is 2.02. The van der Waals surface area contributed by atoms with Crippen molar-refractivity contribution in [1.29, 1.82) is 0 Å². The lowest BCUT2D eigenvalue weighted by molar-refractivity contribution is 0.140. The summed E-state index contributed by atoms with van der Waals surface area (Å²) in [6.45, 7) is 8.04. The molecular formula is C14H28N2O. The van der Waals surface area contributed by atoms with Gasteiger partial charge in [-0.15, -0.1) is 0 Å². The molecule has 0 spiro atoms. The van der Waals surface area contributed by atoms with Crippen LogP contribution in [0.4, 0.5) is 0 Å². The van der Waals surface area contributed by atoms with E-state index < -0.39 is 0 Å². The van der Waals surface area contributed by atoms with Gasteiger partial charge in [0.05, 0.1) is 0 Å². The van der Waals surface area contributed by atoms with Gasteiger partial charge in [0, 0.05) is 25.3 Å². The Balaban J connectivity index is 1.66. The minimum Gasteiger partial charge on any atom is -0.381 e. The summed E-state index contributed by atoms with van der Waals surface area (Å²) in [5.41, 5.74) is 0. The highest BCUT2D eigenvalue weighted by Gasteiger charge is 2.21. The molecule has 2 aliphatic heterocycles. The summed E-state index contributed by atoms with van der Waals surface area (Å²) in [5.74, 6) is 0. The molecule has 0 aromatic heterocycles. The maximum absolute atomic E-state index is 5.51. The molecule has 2 aliphatic rings. The Bertz CT molecular complexity index is 194. The highest BCUT2D eigenvalue weighted by Crippen LogP contribution is 2.15. The number of ether oxygens (including phenoxy) is 1. The normalized spacial score (nSPS) is 29.1. The highest BCUT2D eigenvalue weighted by atomic mass is 16.5. The first-order chi connectivity index (χ1) is 8.38. The van der Waals surface area contributed by atoms with Gasteiger partial charge in [-0.2, -0.15) is 0 Å². The topological polar surface area (TPSA) is 24.5 Å². The van der Waals surface area contributed by atoms with Crippen molar-refractivity contribution in [3.8, 4) is 0 Å². The maximum Gasteiger partial charge on any atom is 0.0480 e. The highest BCUT2D eigenvalue weighted by molar-refractivity contribution is 4.81. The molecule has 0 amide bonds. The van der Waals surface area contributed by atoms with Gasteiger partial charge in [0.25, 0.3) is 0 Å². The third-order valence-electron chi connectivity index (χ3n) is 4.05. The van der Waals surface area contributed by atoms with Gasteiger partial charge in [0.15, 0.2) is 0 Å². The summed E-state index contributed by atoms with van der Waals surface area (Å²) >= 11 is 0. The molecule has 0 aliphatic carbocycles. The van der Waals surface area contributed by atoms with Crippen molar-refractivity contribution in [3.05, 3.63) is 0 Å². The van der Waals surface area contributed by atoms with Crippen LogP contribution in [-0.4, -0.2) is 49.8 Å². The molecule has 1 unspecified atom stereocenters. The number of piperidine rings is 1. The summed E-state index contributed by atoms with van der Waals surface area (Å²) < 4.78 is 5.51. The third kappa shape index (κ3) is 4.57. The number of likely N-dealkylation sites (tertiary alicyclic amines) is 1. The first-order valence-corrected chi connectivity index (χ1v) is 7.44. The van der Waals surface area contributed by atoms with Crippen molar-refractivity contribution >= 4 is 0 Å². The van der Waals surface area contributed by atoms with Crippen LogP contribution < -0.4 is 5.32 Å². The van der Waals surface area contributed by atoms with E-state index >= 15 is 0 Å². The fourth-order valence-corrected chi connectivity index (χ4v) is 3.04. The summed E-state index contributed by atoms with van der Waals surface area (Å²) in [7, 11) is 0. The van der Waals surface area contributed by atoms with Gasteiger partial charge < -0.3 is 15.0 Å². The molecule has 2 rings (SSSR count). The number of hydrogen-bond donors (Lipinski definition) is 1. The second-order valence-electron chi connectivity index (χ2n) is 5.52. The van der Waals surface area contributed by atoms with Crippen molar-refractivity contribution in [2.75, 3.05) is 32.8 Å². The summed E-state index contributed by atoms with van der Waals surface area (Å²) in [6.07, 6.45) is 7.68. The molecular weight excluding hydrogens is 212 g/mol. The first-order valence-electron chi connectivity index (χ1n) is 7.44. The fraction of sp³-hybridized carbons (Fsp3) is 1.00. The molecule has 1 N–H and O–H groups in total. The second kappa shape index (κ2) is 7.34. The summed E-state index contributed by atoms with van der Waals surface area (Å²) in [6, 6.07) is 1.46. The number of hydrogen-bond acceptors (Lipinski definition) is 3. The average Bonchev–Trinajstić information content (AvgIpc) is 2.61. The standard InChI is InChI=1S/C14H28N2O/c1-2-8-16-9-5-14(6-10-16)15-13-4-3-11-17-12-7-13/h13-15H,2-12H2,1H3. The van der Waals surface area contributed by atoms with Crippen LogP contribution >= 0.6 is 0 Å². The summed E-state index contributed by atoms with van der Waals surface area (Å²) in [4.78, 5) is 2.61. The molecule has 100 valence electrons. The molecule has 3 nitrogen and oxygen atoms in total. The Kier molecular flexibility index (Phi) is 5.75. The van der Waals surface area contributed by atoms with E-state index in [1.54, 1.807) is 0 Å². The van der Waals surface area contributed by atoms with Crippen LogP contribution in [0.25, 0.3) is 0 Å². The molecule has 0 radical (unpaired) electrons. The van der Waals surface area contributed by atoms with Gasteiger partial charge in [0.2, 0.25) is 0 Å². The lowest BCUT2D eigenvalue weighted by atomic mass is 10.0. The molecule has 2 heterocycles. The molecule has 0 aromatic rings. The van der Waals surface area contributed by atoms with Gasteiger partial charge in [-0.1, -0.05) is 6.92 Å². The quantitative estimate of drug-likeness (QED) is 0.813. The molecule has 1 atom stereocenters. The van der Waals surface area contributed by atoms with Crippen molar-refractivity contribution in [2.24, 2.45) is 0 Å². The van der Waals surface area contributed by atoms with Crippen LogP contribution in [0.3, 0.4) is 0 Å². The Morgan fingerprint density at radius 3 is 2.59 bits per heavy atom. The summed E-state index contributed by atoms with van der Waals surface area (Å²) in [5, 5.41) is 3.85. The van der Waals surface area contributed by atoms with Crippen LogP contribution in [0.1, 0.15) is 45.4 Å². The monoisotopic (exact) mass is 240 g/mol. The fourth-order valence-electron chi connectivity index (χ4n) is 3.04. The zero-order chi connectivity index (χ0) is 11.9. The van der Waals surface area contributed by atoms with Crippen molar-refractivity contribution in [1.82, 2.24) is 10.2 Å². The first kappa shape index (κ1) is 13.3. The van der Waals surface area contributed by atoms with Gasteiger partial charge in [-0.3, -0.25) is 0 Å². The predicted molar refractivity (Wildman–Crippen MR) is 71.3 cm³/mol. The van der Waals surface area contributed by atoms with E-state index in [2.05, 4.69) is 17.1 Å². The van der Waals surface area contributed by atoms with E-state index in [-0.39, 0.29) is 0 Å². The van der Waals surface area contributed by atoms with Crippen LogP contribution in [0.2, 0.25) is 0 Å². The van der Waals surface area contributed by atoms with Crippen LogP contribution in [0.5, 0.6) is 0 Å². The molecule has 2 fully saturated rings. The molecule has 17 heavy (non-hydrogen) atoms. The molecule has 0 bridgehead atoms. The van der Waals surface area contributed by atoms with Gasteiger partial charge in [0.1, 0.15) is 0 Å². The van der Waals surface area contributed by atoms with Crippen molar-refractivity contribution in [2.45, 2.75) is 57.5 Å². The van der Waals surface area contributed by atoms with E-state index in [1.165, 1.54) is 58.2 Å². The SMILES string of the molecule is CCCN1CCC(NC2CCCOCC2)CC1. The molecule has 3 heteroatoms. The van der Waals surface area contributed by atoms with Gasteiger partial charge in [-0.05, 0) is 58.2 Å². The lowest BCUT2D eigenvalue weighted by Gasteiger charge is -2.34. The van der Waals surface area contributed by atoms with Crippen molar-refractivity contribution in [3.63, 3.8) is 0 Å². The smallest absolute Gasteiger partial charge is 0.0480 e. The maximum atomic E-state index is 5.51.